The van der Waals surface area contributed by atoms with Crippen molar-refractivity contribution < 1.29 is 19.8 Å². The van der Waals surface area contributed by atoms with Crippen molar-refractivity contribution >= 4 is 11.9 Å². The van der Waals surface area contributed by atoms with E-state index in [9.17, 15) is 9.59 Å². The van der Waals surface area contributed by atoms with Crippen molar-refractivity contribution in [1.82, 2.24) is 10.2 Å². The molecule has 1 unspecified atom stereocenters. The lowest BCUT2D eigenvalue weighted by Gasteiger charge is -2.10. The fourth-order valence-corrected chi connectivity index (χ4v) is 1.63. The van der Waals surface area contributed by atoms with E-state index < -0.39 is 11.9 Å². The Balaban J connectivity index is 0.000000284. The van der Waals surface area contributed by atoms with E-state index in [4.69, 9.17) is 15.9 Å². The Hall–Kier alpha value is -3.06. The normalized spacial score (nSPS) is 11.3. The molecule has 1 atom stereocenters. The molecule has 1 aromatic heterocycles. The van der Waals surface area contributed by atoms with E-state index in [0.29, 0.717) is 12.2 Å². The highest BCUT2D eigenvalue weighted by molar-refractivity contribution is 5.89. The summed E-state index contributed by atoms with van der Waals surface area (Å²) >= 11 is 0. The van der Waals surface area contributed by atoms with Crippen molar-refractivity contribution in [1.29, 1.82) is 0 Å². The van der Waals surface area contributed by atoms with Gasteiger partial charge >= 0.3 is 11.9 Å². The number of aliphatic carboxylic acids is 2. The van der Waals surface area contributed by atoms with Crippen LogP contribution in [0.5, 0.6) is 0 Å². The van der Waals surface area contributed by atoms with Crippen LogP contribution in [0.25, 0.3) is 0 Å². The lowest BCUT2D eigenvalue weighted by Crippen LogP contribution is -2.14. The zero-order chi connectivity index (χ0) is 17.1. The summed E-state index contributed by atoms with van der Waals surface area (Å²) in [5, 5.41) is 23.5. The Morgan fingerprint density at radius 3 is 2.13 bits per heavy atom. The second-order valence-corrected chi connectivity index (χ2v) is 4.45. The van der Waals surface area contributed by atoms with Crippen molar-refractivity contribution in [3.8, 4) is 0 Å². The molecule has 0 aliphatic carbocycles. The molecule has 0 aliphatic rings. The van der Waals surface area contributed by atoms with E-state index in [2.05, 4.69) is 10.2 Å². The Morgan fingerprint density at radius 1 is 1.04 bits per heavy atom. The van der Waals surface area contributed by atoms with Gasteiger partial charge in [0.2, 0.25) is 0 Å². The zero-order valence-electron chi connectivity index (χ0n) is 12.2. The van der Waals surface area contributed by atoms with Crippen LogP contribution in [0.15, 0.2) is 60.8 Å². The van der Waals surface area contributed by atoms with E-state index in [1.165, 1.54) is 0 Å². The van der Waals surface area contributed by atoms with E-state index in [0.717, 1.165) is 17.7 Å². The largest absolute Gasteiger partial charge is 0.478 e. The van der Waals surface area contributed by atoms with Gasteiger partial charge in [-0.15, -0.1) is 0 Å². The van der Waals surface area contributed by atoms with E-state index in [1.54, 1.807) is 6.20 Å². The number of hydrogen-bond donors (Lipinski definition) is 3. The molecule has 0 saturated heterocycles. The Morgan fingerprint density at radius 2 is 1.65 bits per heavy atom. The Kier molecular flexibility index (Phi) is 7.67. The van der Waals surface area contributed by atoms with Gasteiger partial charge in [0.05, 0.1) is 5.69 Å². The van der Waals surface area contributed by atoms with Crippen LogP contribution in [0.1, 0.15) is 17.3 Å². The number of aromatic nitrogens is 2. The molecule has 23 heavy (non-hydrogen) atoms. The topological polar surface area (TPSA) is 126 Å². The van der Waals surface area contributed by atoms with Gasteiger partial charge in [-0.05, 0) is 17.7 Å². The number of rotatable bonds is 5. The van der Waals surface area contributed by atoms with E-state index >= 15 is 0 Å². The molecule has 2 aromatic rings. The molecule has 0 fully saturated rings. The summed E-state index contributed by atoms with van der Waals surface area (Å²) in [6.07, 6.45) is 3.50. The molecule has 0 radical (unpaired) electrons. The number of benzene rings is 1. The molecule has 7 nitrogen and oxygen atoms in total. The van der Waals surface area contributed by atoms with Crippen LogP contribution < -0.4 is 5.73 Å². The lowest BCUT2D eigenvalue weighted by atomic mass is 10.0. The molecule has 0 aliphatic heterocycles. The first-order valence-electron chi connectivity index (χ1n) is 6.70. The Labute approximate surface area is 133 Å². The van der Waals surface area contributed by atoms with Gasteiger partial charge in [0, 0.05) is 30.8 Å². The van der Waals surface area contributed by atoms with Gasteiger partial charge in [0.25, 0.3) is 0 Å². The first kappa shape index (κ1) is 18.0. The molecule has 0 amide bonds. The summed E-state index contributed by atoms with van der Waals surface area (Å²) < 4.78 is 0. The van der Waals surface area contributed by atoms with Crippen molar-refractivity contribution in [2.24, 2.45) is 5.73 Å². The maximum absolute atomic E-state index is 9.55. The molecule has 1 heterocycles. The monoisotopic (exact) mass is 315 g/mol. The first-order chi connectivity index (χ1) is 11.0. The molecule has 0 bridgehead atoms. The SMILES string of the molecule is NC(Cc1cccnn1)c1ccccc1.O=C(O)C=CC(=O)O. The Bertz CT molecular complexity index is 629. The highest BCUT2D eigenvalue weighted by Crippen LogP contribution is 2.13. The fraction of sp³-hybridized carbons (Fsp3) is 0.125. The second kappa shape index (κ2) is 9.80. The lowest BCUT2D eigenvalue weighted by molar-refractivity contribution is -0.134. The number of carboxylic acid groups (broad SMARTS) is 2. The molecule has 120 valence electrons. The predicted octanol–water partition coefficient (Wildman–Crippen LogP) is 1.43. The fourth-order valence-electron chi connectivity index (χ4n) is 1.63. The van der Waals surface area contributed by atoms with Crippen LogP contribution in [0.3, 0.4) is 0 Å². The maximum Gasteiger partial charge on any atom is 0.328 e. The molecular formula is C16H17N3O4. The van der Waals surface area contributed by atoms with Gasteiger partial charge in [-0.2, -0.15) is 10.2 Å². The van der Waals surface area contributed by atoms with Crippen LogP contribution in [-0.4, -0.2) is 32.3 Å². The molecule has 4 N–H and O–H groups in total. The third-order valence-corrected chi connectivity index (χ3v) is 2.65. The molecule has 1 aromatic carbocycles. The third kappa shape index (κ3) is 8.08. The van der Waals surface area contributed by atoms with Crippen LogP contribution in [0.2, 0.25) is 0 Å². The maximum atomic E-state index is 9.55. The average Bonchev–Trinajstić information content (AvgIpc) is 2.55. The van der Waals surface area contributed by atoms with E-state index in [1.807, 2.05) is 42.5 Å². The van der Waals surface area contributed by atoms with Crippen LogP contribution in [0, 0.1) is 0 Å². The van der Waals surface area contributed by atoms with Gasteiger partial charge in [-0.25, -0.2) is 9.59 Å². The number of nitrogens with zero attached hydrogens (tertiary/aromatic N) is 2. The zero-order valence-corrected chi connectivity index (χ0v) is 12.2. The van der Waals surface area contributed by atoms with Crippen LogP contribution in [-0.2, 0) is 16.0 Å². The van der Waals surface area contributed by atoms with Crippen molar-refractivity contribution in [3.63, 3.8) is 0 Å². The molecule has 0 saturated carbocycles. The number of hydrogen-bond acceptors (Lipinski definition) is 5. The minimum Gasteiger partial charge on any atom is -0.478 e. The summed E-state index contributed by atoms with van der Waals surface area (Å²) in [7, 11) is 0. The third-order valence-electron chi connectivity index (χ3n) is 2.65. The highest BCUT2D eigenvalue weighted by Gasteiger charge is 2.06. The standard InChI is InChI=1S/C12H13N3.C4H4O4/c13-12(10-5-2-1-3-6-10)9-11-7-4-8-14-15-11;5-3(6)1-2-4(7)8/h1-8,12H,9,13H2;1-2H,(H,5,6)(H,7,8). The average molecular weight is 315 g/mol. The minimum atomic E-state index is -1.26. The highest BCUT2D eigenvalue weighted by atomic mass is 16.4. The summed E-state index contributed by atoms with van der Waals surface area (Å²) in [4.78, 5) is 19.1. The number of carbonyl (C=O) groups is 2. The molecule has 2 rings (SSSR count). The second-order valence-electron chi connectivity index (χ2n) is 4.45. The summed E-state index contributed by atoms with van der Waals surface area (Å²) in [6, 6.07) is 13.8. The quantitative estimate of drug-likeness (QED) is 0.712. The minimum absolute atomic E-state index is 0.0112. The van der Waals surface area contributed by atoms with Gasteiger partial charge < -0.3 is 15.9 Å². The smallest absolute Gasteiger partial charge is 0.328 e. The first-order valence-corrected chi connectivity index (χ1v) is 6.70. The summed E-state index contributed by atoms with van der Waals surface area (Å²) in [5.41, 5.74) is 8.11. The van der Waals surface area contributed by atoms with Crippen LogP contribution >= 0.6 is 0 Å². The summed E-state index contributed by atoms with van der Waals surface area (Å²) in [5.74, 6) is -2.51. The molecule has 7 heteroatoms. The van der Waals surface area contributed by atoms with E-state index in [-0.39, 0.29) is 6.04 Å². The van der Waals surface area contributed by atoms with Gasteiger partial charge in [0.15, 0.2) is 0 Å². The van der Waals surface area contributed by atoms with Crippen LogP contribution in [0.4, 0.5) is 0 Å². The summed E-state index contributed by atoms with van der Waals surface area (Å²) in [6.45, 7) is 0. The number of carboxylic acids is 2. The molecular weight excluding hydrogens is 298 g/mol. The number of nitrogens with two attached hydrogens (primary N) is 1. The van der Waals surface area contributed by atoms with Crippen molar-refractivity contribution in [2.75, 3.05) is 0 Å². The van der Waals surface area contributed by atoms with Crippen molar-refractivity contribution in [2.45, 2.75) is 12.5 Å². The van der Waals surface area contributed by atoms with Gasteiger partial charge in [0.1, 0.15) is 0 Å². The predicted molar refractivity (Wildman–Crippen MR) is 83.5 cm³/mol. The molecule has 0 spiro atoms. The van der Waals surface area contributed by atoms with Gasteiger partial charge in [-0.1, -0.05) is 30.3 Å². The van der Waals surface area contributed by atoms with Gasteiger partial charge in [-0.3, -0.25) is 0 Å². The van der Waals surface area contributed by atoms with Crippen molar-refractivity contribution in [3.05, 3.63) is 72.1 Å².